The van der Waals surface area contributed by atoms with Gasteiger partial charge in [-0.2, -0.15) is 0 Å². The van der Waals surface area contributed by atoms with E-state index >= 15 is 0 Å². The predicted molar refractivity (Wildman–Crippen MR) is 74.1 cm³/mol. The molecular weight excluding hydrogens is 242 g/mol. The fourth-order valence-electron chi connectivity index (χ4n) is 2.27. The Bertz CT molecular complexity index is 359. The number of piperazine rings is 1. The SMILES string of the molecule is Cc1cc(COCCCCN2CCN(C)CC2)no1. The first-order chi connectivity index (χ1) is 9.24. The predicted octanol–water partition coefficient (Wildman–Crippen LogP) is 1.53. The second-order valence-corrected chi connectivity index (χ2v) is 5.33. The average molecular weight is 267 g/mol. The minimum atomic E-state index is 0.561. The molecule has 108 valence electrons. The fraction of sp³-hybridized carbons (Fsp3) is 0.786. The van der Waals surface area contributed by atoms with Gasteiger partial charge in [0.15, 0.2) is 0 Å². The summed E-state index contributed by atoms with van der Waals surface area (Å²) in [6.07, 6.45) is 2.32. The number of aromatic nitrogens is 1. The second kappa shape index (κ2) is 7.62. The van der Waals surface area contributed by atoms with Crippen LogP contribution >= 0.6 is 0 Å². The van der Waals surface area contributed by atoms with Gasteiger partial charge in [0.25, 0.3) is 0 Å². The average Bonchev–Trinajstić information content (AvgIpc) is 2.81. The fourth-order valence-corrected chi connectivity index (χ4v) is 2.27. The van der Waals surface area contributed by atoms with Crippen LogP contribution in [0.15, 0.2) is 10.6 Å². The maximum Gasteiger partial charge on any atom is 0.134 e. The monoisotopic (exact) mass is 267 g/mol. The summed E-state index contributed by atoms with van der Waals surface area (Å²) in [6.45, 7) is 9.26. The largest absolute Gasteiger partial charge is 0.375 e. The summed E-state index contributed by atoms with van der Waals surface area (Å²) in [7, 11) is 2.19. The van der Waals surface area contributed by atoms with Crippen LogP contribution in [0.4, 0.5) is 0 Å². The normalized spacial score (nSPS) is 18.0. The lowest BCUT2D eigenvalue weighted by molar-refractivity contribution is 0.105. The summed E-state index contributed by atoms with van der Waals surface area (Å²) in [4.78, 5) is 4.93. The topological polar surface area (TPSA) is 41.7 Å². The summed E-state index contributed by atoms with van der Waals surface area (Å²) in [6, 6.07) is 1.92. The molecule has 0 spiro atoms. The van der Waals surface area contributed by atoms with Gasteiger partial charge >= 0.3 is 0 Å². The van der Waals surface area contributed by atoms with Crippen molar-refractivity contribution in [3.8, 4) is 0 Å². The van der Waals surface area contributed by atoms with Crippen molar-refractivity contribution in [3.63, 3.8) is 0 Å². The third-order valence-corrected chi connectivity index (χ3v) is 3.54. The van der Waals surface area contributed by atoms with E-state index in [0.717, 1.165) is 24.5 Å². The van der Waals surface area contributed by atoms with E-state index in [0.29, 0.717) is 6.61 Å². The second-order valence-electron chi connectivity index (χ2n) is 5.33. The van der Waals surface area contributed by atoms with Crippen molar-refractivity contribution in [1.29, 1.82) is 0 Å². The van der Waals surface area contributed by atoms with E-state index < -0.39 is 0 Å². The summed E-state index contributed by atoms with van der Waals surface area (Å²) >= 11 is 0. The number of rotatable bonds is 7. The highest BCUT2D eigenvalue weighted by molar-refractivity contribution is 5.01. The Morgan fingerprint density at radius 2 is 2.05 bits per heavy atom. The molecular formula is C14H25N3O2. The van der Waals surface area contributed by atoms with Crippen LogP contribution in [0.3, 0.4) is 0 Å². The van der Waals surface area contributed by atoms with Crippen molar-refractivity contribution in [1.82, 2.24) is 15.0 Å². The van der Waals surface area contributed by atoms with E-state index in [9.17, 15) is 0 Å². The minimum Gasteiger partial charge on any atom is -0.375 e. The number of aryl methyl sites for hydroxylation is 1. The van der Waals surface area contributed by atoms with Gasteiger partial charge in [-0.15, -0.1) is 0 Å². The lowest BCUT2D eigenvalue weighted by atomic mass is 10.2. The first-order valence-electron chi connectivity index (χ1n) is 7.15. The van der Waals surface area contributed by atoms with Crippen molar-refractivity contribution in [3.05, 3.63) is 17.5 Å². The molecule has 19 heavy (non-hydrogen) atoms. The zero-order chi connectivity index (χ0) is 13.5. The van der Waals surface area contributed by atoms with Crippen molar-refractivity contribution in [2.45, 2.75) is 26.4 Å². The Morgan fingerprint density at radius 3 is 2.74 bits per heavy atom. The van der Waals surface area contributed by atoms with Crippen LogP contribution in [0.1, 0.15) is 24.3 Å². The number of ether oxygens (including phenoxy) is 1. The van der Waals surface area contributed by atoms with Gasteiger partial charge in [-0.1, -0.05) is 5.16 Å². The van der Waals surface area contributed by atoms with Crippen LogP contribution in [0.2, 0.25) is 0 Å². The minimum absolute atomic E-state index is 0.561. The van der Waals surface area contributed by atoms with Gasteiger partial charge in [0.2, 0.25) is 0 Å². The first-order valence-corrected chi connectivity index (χ1v) is 7.15. The smallest absolute Gasteiger partial charge is 0.134 e. The highest BCUT2D eigenvalue weighted by Crippen LogP contribution is 2.05. The Hall–Kier alpha value is -0.910. The van der Waals surface area contributed by atoms with Crippen LogP contribution in [-0.2, 0) is 11.3 Å². The molecule has 0 atom stereocenters. The molecule has 5 heteroatoms. The van der Waals surface area contributed by atoms with Crippen LogP contribution in [0, 0.1) is 6.92 Å². The Labute approximate surface area is 115 Å². The highest BCUT2D eigenvalue weighted by atomic mass is 16.5. The number of likely N-dealkylation sites (N-methyl/N-ethyl adjacent to an activating group) is 1. The van der Waals surface area contributed by atoms with Gasteiger partial charge in [0, 0.05) is 38.9 Å². The van der Waals surface area contributed by atoms with Gasteiger partial charge in [0.1, 0.15) is 11.5 Å². The van der Waals surface area contributed by atoms with Crippen LogP contribution in [0.25, 0.3) is 0 Å². The molecule has 0 amide bonds. The molecule has 2 heterocycles. The van der Waals surface area contributed by atoms with Crippen molar-refractivity contribution in [2.75, 3.05) is 46.4 Å². The molecule has 0 aromatic carbocycles. The molecule has 5 nitrogen and oxygen atoms in total. The zero-order valence-corrected chi connectivity index (χ0v) is 12.1. The lowest BCUT2D eigenvalue weighted by Gasteiger charge is -2.32. The molecule has 1 fully saturated rings. The molecule has 2 rings (SSSR count). The molecule has 0 aliphatic carbocycles. The Kier molecular flexibility index (Phi) is 5.82. The third-order valence-electron chi connectivity index (χ3n) is 3.54. The summed E-state index contributed by atoms with van der Waals surface area (Å²) in [5.74, 6) is 0.841. The van der Waals surface area contributed by atoms with E-state index in [1.54, 1.807) is 0 Å². The van der Waals surface area contributed by atoms with Crippen LogP contribution in [-0.4, -0.2) is 61.3 Å². The van der Waals surface area contributed by atoms with Gasteiger partial charge in [-0.3, -0.25) is 0 Å². The third kappa shape index (κ3) is 5.30. The molecule has 0 N–H and O–H groups in total. The maximum absolute atomic E-state index is 5.59. The number of unbranched alkanes of at least 4 members (excludes halogenated alkanes) is 1. The standard InChI is InChI=1S/C14H25N3O2/c1-13-11-14(15-19-13)12-18-10-4-3-5-17-8-6-16(2)7-9-17/h11H,3-10,12H2,1-2H3. The van der Waals surface area contributed by atoms with Gasteiger partial charge in [-0.25, -0.2) is 0 Å². The van der Waals surface area contributed by atoms with Crippen LogP contribution < -0.4 is 0 Å². The maximum atomic E-state index is 5.59. The van der Waals surface area contributed by atoms with E-state index in [1.165, 1.54) is 39.1 Å². The molecule has 0 radical (unpaired) electrons. The summed E-state index contributed by atoms with van der Waals surface area (Å²) in [5, 5.41) is 3.90. The quantitative estimate of drug-likeness (QED) is 0.701. The van der Waals surface area contributed by atoms with E-state index in [1.807, 2.05) is 13.0 Å². The van der Waals surface area contributed by atoms with Crippen molar-refractivity contribution in [2.24, 2.45) is 0 Å². The molecule has 0 saturated carbocycles. The van der Waals surface area contributed by atoms with E-state index in [-0.39, 0.29) is 0 Å². The zero-order valence-electron chi connectivity index (χ0n) is 12.1. The number of hydrogen-bond donors (Lipinski definition) is 0. The first kappa shape index (κ1) is 14.5. The summed E-state index contributed by atoms with van der Waals surface area (Å²) < 4.78 is 10.6. The van der Waals surface area contributed by atoms with Gasteiger partial charge < -0.3 is 19.1 Å². The van der Waals surface area contributed by atoms with E-state index in [2.05, 4.69) is 22.0 Å². The molecule has 0 unspecified atom stereocenters. The lowest BCUT2D eigenvalue weighted by Crippen LogP contribution is -2.44. The summed E-state index contributed by atoms with van der Waals surface area (Å²) in [5.41, 5.74) is 0.886. The molecule has 1 aliphatic heterocycles. The molecule has 1 aliphatic rings. The van der Waals surface area contributed by atoms with Crippen molar-refractivity contribution >= 4 is 0 Å². The van der Waals surface area contributed by atoms with Crippen LogP contribution in [0.5, 0.6) is 0 Å². The number of nitrogens with zero attached hydrogens (tertiary/aromatic N) is 3. The Balaban J connectivity index is 1.46. The van der Waals surface area contributed by atoms with Crippen molar-refractivity contribution < 1.29 is 9.26 Å². The molecule has 0 bridgehead atoms. The number of hydrogen-bond acceptors (Lipinski definition) is 5. The highest BCUT2D eigenvalue weighted by Gasteiger charge is 2.12. The molecule has 1 aromatic heterocycles. The van der Waals surface area contributed by atoms with Gasteiger partial charge in [0.05, 0.1) is 6.61 Å². The van der Waals surface area contributed by atoms with Gasteiger partial charge in [-0.05, 0) is 33.4 Å². The molecule has 1 aromatic rings. The Morgan fingerprint density at radius 1 is 1.26 bits per heavy atom. The molecule has 1 saturated heterocycles. The van der Waals surface area contributed by atoms with E-state index in [4.69, 9.17) is 9.26 Å².